The van der Waals surface area contributed by atoms with Crippen molar-refractivity contribution in [3.8, 4) is 5.75 Å². The number of benzene rings is 3. The van der Waals surface area contributed by atoms with E-state index in [0.717, 1.165) is 11.1 Å². The molecule has 0 unspecified atom stereocenters. The molecule has 0 N–H and O–H groups in total. The summed E-state index contributed by atoms with van der Waals surface area (Å²) in [6.45, 7) is 3.83. The number of sulfonamides is 1. The molecule has 3 aromatic rings. The van der Waals surface area contributed by atoms with E-state index in [4.69, 9.17) is 4.74 Å². The molecule has 0 saturated heterocycles. The van der Waals surface area contributed by atoms with Crippen LogP contribution in [0.4, 0.5) is 5.69 Å². The van der Waals surface area contributed by atoms with Gasteiger partial charge in [-0.25, -0.2) is 8.42 Å². The Morgan fingerprint density at radius 3 is 2.00 bits per heavy atom. The predicted molar refractivity (Wildman–Crippen MR) is 109 cm³/mol. The lowest BCUT2D eigenvalue weighted by molar-refractivity contribution is 0.415. The molecule has 0 amide bonds. The van der Waals surface area contributed by atoms with Crippen molar-refractivity contribution in [3.63, 3.8) is 0 Å². The van der Waals surface area contributed by atoms with E-state index in [9.17, 15) is 8.42 Å². The summed E-state index contributed by atoms with van der Waals surface area (Å²) in [4.78, 5) is 0.270. The van der Waals surface area contributed by atoms with Crippen LogP contribution in [0.5, 0.6) is 5.75 Å². The Labute approximate surface area is 161 Å². The highest BCUT2D eigenvalue weighted by atomic mass is 32.2. The van der Waals surface area contributed by atoms with Crippen molar-refractivity contribution in [1.29, 1.82) is 0 Å². The summed E-state index contributed by atoms with van der Waals surface area (Å²) in [5.41, 5.74) is 2.53. The zero-order valence-electron chi connectivity index (χ0n) is 15.7. The number of hydrogen-bond donors (Lipinski definition) is 0. The van der Waals surface area contributed by atoms with Crippen LogP contribution in [0.2, 0.25) is 0 Å². The molecule has 5 heteroatoms. The molecular weight excluding hydrogens is 358 g/mol. The summed E-state index contributed by atoms with van der Waals surface area (Å²) >= 11 is 0. The number of ether oxygens (including phenoxy) is 1. The van der Waals surface area contributed by atoms with Gasteiger partial charge in [0.1, 0.15) is 5.75 Å². The molecule has 0 saturated carbocycles. The summed E-state index contributed by atoms with van der Waals surface area (Å²) in [5, 5.41) is 0. The summed E-state index contributed by atoms with van der Waals surface area (Å²) in [6.07, 6.45) is 0. The fraction of sp³-hybridized carbons (Fsp3) is 0.182. The second-order valence-electron chi connectivity index (χ2n) is 6.40. The number of hydrogen-bond acceptors (Lipinski definition) is 3. The van der Waals surface area contributed by atoms with Crippen LogP contribution < -0.4 is 9.04 Å². The van der Waals surface area contributed by atoms with Gasteiger partial charge in [0.15, 0.2) is 0 Å². The summed E-state index contributed by atoms with van der Waals surface area (Å²) in [6, 6.07) is 23.2. The minimum absolute atomic E-state index is 0.270. The van der Waals surface area contributed by atoms with Crippen LogP contribution in [-0.2, 0) is 10.0 Å². The van der Waals surface area contributed by atoms with Crippen molar-refractivity contribution in [2.24, 2.45) is 0 Å². The van der Waals surface area contributed by atoms with Gasteiger partial charge in [0.25, 0.3) is 10.0 Å². The second kappa shape index (κ2) is 7.84. The minimum atomic E-state index is -3.75. The first-order valence-electron chi connectivity index (χ1n) is 8.73. The van der Waals surface area contributed by atoms with Gasteiger partial charge in [-0.3, -0.25) is 4.31 Å². The summed E-state index contributed by atoms with van der Waals surface area (Å²) in [5.74, 6) is 0.679. The normalized spacial score (nSPS) is 12.4. The SMILES string of the molecule is COc1ccc(N([C@H](C)c2ccccc2)S(=O)(=O)c2ccc(C)cc2)cc1. The third kappa shape index (κ3) is 3.98. The zero-order valence-corrected chi connectivity index (χ0v) is 16.5. The molecule has 0 bridgehead atoms. The van der Waals surface area contributed by atoms with E-state index >= 15 is 0 Å². The Morgan fingerprint density at radius 1 is 0.852 bits per heavy atom. The molecule has 0 aliphatic rings. The fourth-order valence-electron chi connectivity index (χ4n) is 2.99. The molecule has 4 nitrogen and oxygen atoms in total. The van der Waals surface area contributed by atoms with Gasteiger partial charge in [0, 0.05) is 0 Å². The lowest BCUT2D eigenvalue weighted by Gasteiger charge is -2.31. The van der Waals surface area contributed by atoms with Crippen LogP contribution in [0, 0.1) is 6.92 Å². The smallest absolute Gasteiger partial charge is 0.264 e. The molecule has 0 aromatic heterocycles. The molecule has 3 aromatic carbocycles. The van der Waals surface area contributed by atoms with Gasteiger partial charge in [0.2, 0.25) is 0 Å². The number of methoxy groups -OCH3 is 1. The molecule has 3 rings (SSSR count). The maximum absolute atomic E-state index is 13.5. The van der Waals surface area contributed by atoms with E-state index < -0.39 is 10.0 Å². The number of nitrogens with zero attached hydrogens (tertiary/aromatic N) is 1. The second-order valence-corrected chi connectivity index (χ2v) is 8.21. The van der Waals surface area contributed by atoms with E-state index in [2.05, 4.69) is 0 Å². The molecule has 0 aliphatic carbocycles. The van der Waals surface area contributed by atoms with E-state index in [1.54, 1.807) is 43.5 Å². The van der Waals surface area contributed by atoms with Gasteiger partial charge in [-0.1, -0.05) is 48.0 Å². The van der Waals surface area contributed by atoms with Crippen LogP contribution in [0.1, 0.15) is 24.1 Å². The fourth-order valence-corrected chi connectivity index (χ4v) is 4.63. The zero-order chi connectivity index (χ0) is 19.4. The predicted octanol–water partition coefficient (Wildman–Crippen LogP) is 4.96. The van der Waals surface area contributed by atoms with Crippen LogP contribution in [0.3, 0.4) is 0 Å². The highest BCUT2D eigenvalue weighted by Crippen LogP contribution is 2.34. The number of rotatable bonds is 6. The number of anilines is 1. The Hall–Kier alpha value is -2.79. The van der Waals surface area contributed by atoms with Crippen LogP contribution in [-0.4, -0.2) is 15.5 Å². The third-order valence-corrected chi connectivity index (χ3v) is 6.45. The molecule has 0 spiro atoms. The standard InChI is InChI=1S/C22H23NO3S/c1-17-9-15-22(16-10-17)27(24,25)23(18(2)19-7-5-4-6-8-19)20-11-13-21(26-3)14-12-20/h4-16,18H,1-3H3/t18-/m1/s1. The summed E-state index contributed by atoms with van der Waals surface area (Å²) < 4.78 is 33.7. The van der Waals surface area contributed by atoms with Gasteiger partial charge in [-0.2, -0.15) is 0 Å². The lowest BCUT2D eigenvalue weighted by atomic mass is 10.1. The Morgan fingerprint density at radius 2 is 1.44 bits per heavy atom. The molecule has 0 heterocycles. The topological polar surface area (TPSA) is 46.6 Å². The molecule has 0 fully saturated rings. The molecular formula is C22H23NO3S. The molecule has 1 atom stereocenters. The first kappa shape index (κ1) is 19.0. The molecule has 27 heavy (non-hydrogen) atoms. The van der Waals surface area contributed by atoms with Crippen LogP contribution in [0.15, 0.2) is 83.8 Å². The first-order valence-corrected chi connectivity index (χ1v) is 10.2. The van der Waals surface area contributed by atoms with Crippen molar-refractivity contribution < 1.29 is 13.2 Å². The van der Waals surface area contributed by atoms with Gasteiger partial charge in [0.05, 0.1) is 23.7 Å². The van der Waals surface area contributed by atoms with Crippen molar-refractivity contribution >= 4 is 15.7 Å². The average Bonchev–Trinajstić information content (AvgIpc) is 2.69. The van der Waals surface area contributed by atoms with Crippen molar-refractivity contribution in [1.82, 2.24) is 0 Å². The van der Waals surface area contributed by atoms with Gasteiger partial charge < -0.3 is 4.74 Å². The maximum atomic E-state index is 13.5. The number of aryl methyl sites for hydroxylation is 1. The Kier molecular flexibility index (Phi) is 5.51. The van der Waals surface area contributed by atoms with Gasteiger partial charge >= 0.3 is 0 Å². The highest BCUT2D eigenvalue weighted by molar-refractivity contribution is 7.92. The highest BCUT2D eigenvalue weighted by Gasteiger charge is 2.30. The van der Waals surface area contributed by atoms with Gasteiger partial charge in [-0.15, -0.1) is 0 Å². The van der Waals surface area contributed by atoms with Crippen LogP contribution in [0.25, 0.3) is 0 Å². The van der Waals surface area contributed by atoms with Crippen molar-refractivity contribution in [3.05, 3.63) is 90.0 Å². The van der Waals surface area contributed by atoms with E-state index in [0.29, 0.717) is 11.4 Å². The average molecular weight is 381 g/mol. The van der Waals surface area contributed by atoms with Crippen molar-refractivity contribution in [2.45, 2.75) is 24.8 Å². The molecule has 0 radical (unpaired) electrons. The first-order chi connectivity index (χ1) is 12.9. The largest absolute Gasteiger partial charge is 0.497 e. The lowest BCUT2D eigenvalue weighted by Crippen LogP contribution is -2.33. The quantitative estimate of drug-likeness (QED) is 0.606. The third-order valence-electron chi connectivity index (χ3n) is 4.54. The van der Waals surface area contributed by atoms with E-state index in [-0.39, 0.29) is 10.9 Å². The van der Waals surface area contributed by atoms with Crippen LogP contribution >= 0.6 is 0 Å². The van der Waals surface area contributed by atoms with E-state index in [1.165, 1.54) is 4.31 Å². The Balaban J connectivity index is 2.12. The molecule has 140 valence electrons. The maximum Gasteiger partial charge on any atom is 0.264 e. The molecule has 0 aliphatic heterocycles. The van der Waals surface area contributed by atoms with Gasteiger partial charge in [-0.05, 0) is 55.8 Å². The Bertz CT molecular complexity index is 982. The summed E-state index contributed by atoms with van der Waals surface area (Å²) in [7, 11) is -2.16. The van der Waals surface area contributed by atoms with Crippen molar-refractivity contribution in [2.75, 3.05) is 11.4 Å². The van der Waals surface area contributed by atoms with E-state index in [1.807, 2.05) is 56.3 Å². The minimum Gasteiger partial charge on any atom is -0.497 e. The monoisotopic (exact) mass is 381 g/mol.